The standard InChI is InChI=1S/C13H17FO3/c1-3-5-9(2)8-17-12-10(13(15)16)6-4-7-11(12)14/h4,6-7,9H,3,5,8H2,1-2H3,(H,15,16). The molecule has 0 spiro atoms. The van der Waals surface area contributed by atoms with Gasteiger partial charge in [-0.3, -0.25) is 0 Å². The number of carboxylic acid groups (broad SMARTS) is 1. The molecule has 3 nitrogen and oxygen atoms in total. The maximum absolute atomic E-state index is 13.5. The average molecular weight is 240 g/mol. The molecule has 4 heteroatoms. The first kappa shape index (κ1) is 13.5. The Labute approximate surface area is 100 Å². The van der Waals surface area contributed by atoms with Crippen LogP contribution in [0, 0.1) is 11.7 Å². The van der Waals surface area contributed by atoms with Crippen LogP contribution in [0.5, 0.6) is 5.75 Å². The summed E-state index contributed by atoms with van der Waals surface area (Å²) < 4.78 is 18.7. The molecule has 0 bridgehead atoms. The molecule has 0 aliphatic rings. The number of carbonyl (C=O) groups is 1. The molecule has 0 aromatic heterocycles. The lowest BCUT2D eigenvalue weighted by atomic mass is 10.1. The molecule has 94 valence electrons. The van der Waals surface area contributed by atoms with Crippen molar-refractivity contribution in [1.82, 2.24) is 0 Å². The minimum atomic E-state index is -1.18. The van der Waals surface area contributed by atoms with Gasteiger partial charge in [-0.15, -0.1) is 0 Å². The van der Waals surface area contributed by atoms with E-state index in [4.69, 9.17) is 9.84 Å². The molecule has 0 heterocycles. The second-order valence-electron chi connectivity index (χ2n) is 4.13. The maximum Gasteiger partial charge on any atom is 0.339 e. The van der Waals surface area contributed by atoms with E-state index in [0.717, 1.165) is 12.8 Å². The molecule has 1 atom stereocenters. The highest BCUT2D eigenvalue weighted by molar-refractivity contribution is 5.90. The van der Waals surface area contributed by atoms with Crippen molar-refractivity contribution >= 4 is 5.97 Å². The Bertz CT molecular complexity index is 390. The number of halogens is 1. The summed E-state index contributed by atoms with van der Waals surface area (Å²) in [7, 11) is 0. The highest BCUT2D eigenvalue weighted by Crippen LogP contribution is 2.23. The zero-order valence-electron chi connectivity index (χ0n) is 10.1. The summed E-state index contributed by atoms with van der Waals surface area (Å²) >= 11 is 0. The zero-order chi connectivity index (χ0) is 12.8. The molecule has 17 heavy (non-hydrogen) atoms. The first-order chi connectivity index (χ1) is 8.06. The number of aromatic carboxylic acids is 1. The van der Waals surface area contributed by atoms with Crippen molar-refractivity contribution in [2.24, 2.45) is 5.92 Å². The third kappa shape index (κ3) is 3.73. The van der Waals surface area contributed by atoms with Crippen molar-refractivity contribution < 1.29 is 19.0 Å². The van der Waals surface area contributed by atoms with Gasteiger partial charge in [-0.25, -0.2) is 9.18 Å². The molecule has 0 aliphatic carbocycles. The van der Waals surface area contributed by atoms with Crippen molar-refractivity contribution in [3.05, 3.63) is 29.6 Å². The van der Waals surface area contributed by atoms with Crippen molar-refractivity contribution in [2.45, 2.75) is 26.7 Å². The van der Waals surface area contributed by atoms with Crippen molar-refractivity contribution in [2.75, 3.05) is 6.61 Å². The van der Waals surface area contributed by atoms with Crippen molar-refractivity contribution in [1.29, 1.82) is 0 Å². The minimum absolute atomic E-state index is 0.131. The first-order valence-corrected chi connectivity index (χ1v) is 5.70. The first-order valence-electron chi connectivity index (χ1n) is 5.70. The summed E-state index contributed by atoms with van der Waals surface area (Å²) in [6.45, 7) is 4.38. The molecule has 0 saturated carbocycles. The van der Waals surface area contributed by atoms with E-state index in [-0.39, 0.29) is 17.2 Å². The van der Waals surface area contributed by atoms with Gasteiger partial charge in [-0.05, 0) is 24.5 Å². The third-order valence-electron chi connectivity index (χ3n) is 2.49. The van der Waals surface area contributed by atoms with Crippen LogP contribution < -0.4 is 4.74 Å². The third-order valence-corrected chi connectivity index (χ3v) is 2.49. The molecular formula is C13H17FO3. The second-order valence-corrected chi connectivity index (χ2v) is 4.13. The van der Waals surface area contributed by atoms with E-state index in [1.54, 1.807) is 0 Å². The van der Waals surface area contributed by atoms with E-state index in [9.17, 15) is 9.18 Å². The van der Waals surface area contributed by atoms with Crippen LogP contribution in [0.15, 0.2) is 18.2 Å². The Balaban J connectivity index is 2.79. The number of carboxylic acids is 1. The number of benzene rings is 1. The fourth-order valence-corrected chi connectivity index (χ4v) is 1.63. The topological polar surface area (TPSA) is 46.5 Å². The molecule has 0 saturated heterocycles. The number of para-hydroxylation sites is 1. The Morgan fingerprint density at radius 3 is 2.82 bits per heavy atom. The summed E-state index contributed by atoms with van der Waals surface area (Å²) in [5.74, 6) is -1.69. The Hall–Kier alpha value is -1.58. The highest BCUT2D eigenvalue weighted by atomic mass is 19.1. The van der Waals surface area contributed by atoms with Crippen LogP contribution in [0.3, 0.4) is 0 Å². The highest BCUT2D eigenvalue weighted by Gasteiger charge is 2.16. The minimum Gasteiger partial charge on any atom is -0.489 e. The SMILES string of the molecule is CCCC(C)COc1c(F)cccc1C(=O)O. The lowest BCUT2D eigenvalue weighted by Crippen LogP contribution is -2.12. The molecule has 1 rings (SSSR count). The van der Waals surface area contributed by atoms with Crippen LogP contribution in [0.4, 0.5) is 4.39 Å². The Morgan fingerprint density at radius 1 is 1.53 bits per heavy atom. The monoisotopic (exact) mass is 240 g/mol. The zero-order valence-corrected chi connectivity index (χ0v) is 10.1. The molecule has 0 fully saturated rings. The number of hydrogen-bond acceptors (Lipinski definition) is 2. The lowest BCUT2D eigenvalue weighted by molar-refractivity contribution is 0.0690. The summed E-state index contributed by atoms with van der Waals surface area (Å²) in [6.07, 6.45) is 1.99. The van der Waals surface area contributed by atoms with Crippen LogP contribution in [-0.2, 0) is 0 Å². The van der Waals surface area contributed by atoms with Gasteiger partial charge in [0, 0.05) is 0 Å². The van der Waals surface area contributed by atoms with Crippen LogP contribution >= 0.6 is 0 Å². The van der Waals surface area contributed by atoms with Crippen LogP contribution in [0.1, 0.15) is 37.0 Å². The molecule has 1 N–H and O–H groups in total. The number of rotatable bonds is 6. The smallest absolute Gasteiger partial charge is 0.339 e. The summed E-state index contributed by atoms with van der Waals surface area (Å²) in [5.41, 5.74) is -0.131. The number of ether oxygens (including phenoxy) is 1. The van der Waals surface area contributed by atoms with Crippen molar-refractivity contribution in [3.63, 3.8) is 0 Å². The van der Waals surface area contributed by atoms with Gasteiger partial charge < -0.3 is 9.84 Å². The average Bonchev–Trinajstić information content (AvgIpc) is 2.27. The molecule has 1 aromatic rings. The predicted molar refractivity (Wildman–Crippen MR) is 62.9 cm³/mol. The lowest BCUT2D eigenvalue weighted by Gasteiger charge is -2.14. The number of hydrogen-bond donors (Lipinski definition) is 1. The van der Waals surface area contributed by atoms with E-state index in [0.29, 0.717) is 6.61 Å². The van der Waals surface area contributed by atoms with Gasteiger partial charge in [0.25, 0.3) is 0 Å². The molecule has 1 unspecified atom stereocenters. The molecule has 0 radical (unpaired) electrons. The van der Waals surface area contributed by atoms with E-state index in [1.165, 1.54) is 18.2 Å². The Kier molecular flexibility index (Phi) is 4.94. The van der Waals surface area contributed by atoms with Gasteiger partial charge in [0.1, 0.15) is 5.56 Å². The van der Waals surface area contributed by atoms with E-state index in [2.05, 4.69) is 6.92 Å². The molecule has 0 aliphatic heterocycles. The quantitative estimate of drug-likeness (QED) is 0.829. The van der Waals surface area contributed by atoms with Crippen molar-refractivity contribution in [3.8, 4) is 5.75 Å². The summed E-state index contributed by atoms with van der Waals surface area (Å²) in [5, 5.41) is 8.91. The van der Waals surface area contributed by atoms with Gasteiger partial charge in [0.05, 0.1) is 6.61 Å². The van der Waals surface area contributed by atoms with Gasteiger partial charge in [0.15, 0.2) is 11.6 Å². The fraction of sp³-hybridized carbons (Fsp3) is 0.462. The van der Waals surface area contributed by atoms with Crippen LogP contribution in [0.2, 0.25) is 0 Å². The van der Waals surface area contributed by atoms with E-state index < -0.39 is 11.8 Å². The summed E-state index contributed by atoms with van der Waals surface area (Å²) in [4.78, 5) is 10.9. The van der Waals surface area contributed by atoms with E-state index in [1.807, 2.05) is 6.92 Å². The normalized spacial score (nSPS) is 12.2. The molecular weight excluding hydrogens is 223 g/mol. The van der Waals surface area contributed by atoms with Crippen LogP contribution in [-0.4, -0.2) is 17.7 Å². The maximum atomic E-state index is 13.5. The largest absolute Gasteiger partial charge is 0.489 e. The summed E-state index contributed by atoms with van der Waals surface area (Å²) in [6, 6.07) is 3.90. The van der Waals surface area contributed by atoms with Gasteiger partial charge in [-0.2, -0.15) is 0 Å². The second kappa shape index (κ2) is 6.23. The van der Waals surface area contributed by atoms with Crippen LogP contribution in [0.25, 0.3) is 0 Å². The predicted octanol–water partition coefficient (Wildman–Crippen LogP) is 3.34. The Morgan fingerprint density at radius 2 is 2.24 bits per heavy atom. The van der Waals surface area contributed by atoms with Gasteiger partial charge in [0.2, 0.25) is 0 Å². The van der Waals surface area contributed by atoms with E-state index >= 15 is 0 Å². The van der Waals surface area contributed by atoms with Gasteiger partial charge in [-0.1, -0.05) is 26.3 Å². The fourth-order valence-electron chi connectivity index (χ4n) is 1.63. The molecule has 1 aromatic carbocycles. The van der Waals surface area contributed by atoms with Gasteiger partial charge >= 0.3 is 5.97 Å². The molecule has 0 amide bonds.